The summed E-state index contributed by atoms with van der Waals surface area (Å²) in [4.78, 5) is 22.7. The molecule has 1 aliphatic rings. The van der Waals surface area contributed by atoms with Gasteiger partial charge in [-0.25, -0.2) is 14.8 Å². The molecule has 0 radical (unpaired) electrons. The second kappa shape index (κ2) is 6.99. The summed E-state index contributed by atoms with van der Waals surface area (Å²) in [5, 5.41) is 11.8. The number of aromatic nitrogens is 3. The molecule has 1 aromatic carbocycles. The maximum absolute atomic E-state index is 12.2. The third-order valence-electron chi connectivity index (χ3n) is 4.72. The summed E-state index contributed by atoms with van der Waals surface area (Å²) in [5.74, 6) is -0.00872. The Bertz CT molecular complexity index is 1010. The largest absolute Gasteiger partial charge is 0.467 e. The summed E-state index contributed by atoms with van der Waals surface area (Å²) in [6.07, 6.45) is 4.74. The lowest BCUT2D eigenvalue weighted by atomic mass is 10.1. The highest BCUT2D eigenvalue weighted by molar-refractivity contribution is 6.45. The van der Waals surface area contributed by atoms with E-state index in [9.17, 15) is 9.90 Å². The molecule has 1 aliphatic heterocycles. The summed E-state index contributed by atoms with van der Waals surface area (Å²) in [7, 11) is 1.30. The number of pyridine rings is 1. The van der Waals surface area contributed by atoms with Gasteiger partial charge in [0.15, 0.2) is 6.04 Å². The van der Waals surface area contributed by atoms with Crippen molar-refractivity contribution in [1.82, 2.24) is 14.5 Å². The van der Waals surface area contributed by atoms with Crippen LogP contribution in [0.4, 0.5) is 5.82 Å². The molecule has 27 heavy (non-hydrogen) atoms. The quantitative estimate of drug-likeness (QED) is 0.673. The number of hydrogen-bond donors (Lipinski definition) is 1. The summed E-state index contributed by atoms with van der Waals surface area (Å²) < 4.78 is 6.69. The third-order valence-corrected chi connectivity index (χ3v) is 5.52. The first-order valence-electron chi connectivity index (χ1n) is 8.31. The Kier molecular flexibility index (Phi) is 4.67. The number of ether oxygens (including phenoxy) is 1. The number of rotatable bonds is 3. The van der Waals surface area contributed by atoms with Crippen molar-refractivity contribution >= 4 is 45.9 Å². The average Bonchev–Trinajstić information content (AvgIpc) is 3.33. The minimum Gasteiger partial charge on any atom is -0.467 e. The Hall–Kier alpha value is -2.35. The Balaban J connectivity index is 1.94. The maximum atomic E-state index is 12.2. The molecule has 0 amide bonds. The maximum Gasteiger partial charge on any atom is 0.331 e. The molecule has 2 atom stereocenters. The van der Waals surface area contributed by atoms with E-state index in [1.807, 2.05) is 16.7 Å². The number of methoxy groups -OCH3 is 1. The van der Waals surface area contributed by atoms with Crippen molar-refractivity contribution in [2.24, 2.45) is 0 Å². The van der Waals surface area contributed by atoms with Crippen LogP contribution in [0.3, 0.4) is 0 Å². The molecule has 9 heteroatoms. The van der Waals surface area contributed by atoms with Gasteiger partial charge in [-0.15, -0.1) is 0 Å². The molecule has 1 saturated heterocycles. The molecule has 2 aromatic heterocycles. The van der Waals surface area contributed by atoms with Crippen LogP contribution in [0.1, 0.15) is 6.42 Å². The van der Waals surface area contributed by atoms with Gasteiger partial charge in [-0.05, 0) is 18.6 Å². The number of aliphatic hydroxyl groups excluding tert-OH is 1. The van der Waals surface area contributed by atoms with E-state index in [-0.39, 0.29) is 0 Å². The molecule has 0 bridgehead atoms. The van der Waals surface area contributed by atoms with Gasteiger partial charge in [0.05, 0.1) is 40.8 Å². The fourth-order valence-electron chi connectivity index (χ4n) is 3.40. The fraction of sp³-hybridized carbons (Fsp3) is 0.278. The summed E-state index contributed by atoms with van der Waals surface area (Å²) >= 11 is 12.6. The first kappa shape index (κ1) is 18.0. The molecule has 0 saturated carbocycles. The van der Waals surface area contributed by atoms with Crippen molar-refractivity contribution in [3.05, 3.63) is 47.0 Å². The van der Waals surface area contributed by atoms with E-state index < -0.39 is 18.1 Å². The zero-order valence-corrected chi connectivity index (χ0v) is 15.9. The van der Waals surface area contributed by atoms with E-state index >= 15 is 0 Å². The zero-order chi connectivity index (χ0) is 19.1. The molecule has 3 aromatic rings. The monoisotopic (exact) mass is 406 g/mol. The van der Waals surface area contributed by atoms with E-state index in [1.54, 1.807) is 29.7 Å². The van der Waals surface area contributed by atoms with Crippen LogP contribution in [0.5, 0.6) is 0 Å². The third kappa shape index (κ3) is 3.01. The predicted octanol–water partition coefficient (Wildman–Crippen LogP) is 2.84. The van der Waals surface area contributed by atoms with Gasteiger partial charge in [0.1, 0.15) is 5.82 Å². The van der Waals surface area contributed by atoms with Gasteiger partial charge < -0.3 is 19.3 Å². The van der Waals surface area contributed by atoms with Gasteiger partial charge in [-0.1, -0.05) is 23.2 Å². The van der Waals surface area contributed by atoms with Crippen molar-refractivity contribution in [2.75, 3.05) is 18.6 Å². The molecule has 3 heterocycles. The van der Waals surface area contributed by atoms with Crippen LogP contribution in [-0.4, -0.2) is 51.4 Å². The van der Waals surface area contributed by atoms with Crippen molar-refractivity contribution in [3.8, 4) is 5.69 Å². The van der Waals surface area contributed by atoms with E-state index in [4.69, 9.17) is 27.9 Å². The molecule has 1 N–H and O–H groups in total. The average molecular weight is 407 g/mol. The minimum absolute atomic E-state index is 0.326. The molecular weight excluding hydrogens is 391 g/mol. The molecule has 0 aliphatic carbocycles. The standard InChI is InChI=1S/C18H16Cl2N4O3/c1-27-18(26)17-13(25)4-6-24(17)14-8-12(23-7-5-21-9-23)10-2-3-11(19)15(20)16(10)22-14/h2-3,5,7-9,13,17,25H,4,6H2,1H3/t13?,17-/m0/s1. The second-order valence-electron chi connectivity index (χ2n) is 6.24. The van der Waals surface area contributed by atoms with Crippen molar-refractivity contribution in [1.29, 1.82) is 0 Å². The Labute approximate surface area is 165 Å². The molecule has 1 unspecified atom stereocenters. The van der Waals surface area contributed by atoms with Crippen LogP contribution in [0.25, 0.3) is 16.6 Å². The van der Waals surface area contributed by atoms with E-state index in [0.717, 1.165) is 11.1 Å². The first-order chi connectivity index (χ1) is 13.0. The summed E-state index contributed by atoms with van der Waals surface area (Å²) in [6.45, 7) is 0.459. The molecule has 140 valence electrons. The topological polar surface area (TPSA) is 80.5 Å². The Morgan fingerprint density at radius 2 is 2.19 bits per heavy atom. The number of hydrogen-bond acceptors (Lipinski definition) is 6. The van der Waals surface area contributed by atoms with Gasteiger partial charge in [-0.2, -0.15) is 0 Å². The van der Waals surface area contributed by atoms with Crippen molar-refractivity contribution in [2.45, 2.75) is 18.6 Å². The number of carbonyl (C=O) groups excluding carboxylic acids is 1. The van der Waals surface area contributed by atoms with Crippen LogP contribution in [0, 0.1) is 0 Å². The highest BCUT2D eigenvalue weighted by Crippen LogP contribution is 2.36. The molecular formula is C18H16Cl2N4O3. The normalized spacial score (nSPS) is 19.6. The Morgan fingerprint density at radius 3 is 2.89 bits per heavy atom. The van der Waals surface area contributed by atoms with E-state index in [2.05, 4.69) is 9.97 Å². The van der Waals surface area contributed by atoms with Crippen LogP contribution in [0.15, 0.2) is 36.9 Å². The molecule has 0 spiro atoms. The lowest BCUT2D eigenvalue weighted by Crippen LogP contribution is -2.43. The fourth-order valence-corrected chi connectivity index (χ4v) is 3.76. The number of imidazole rings is 1. The number of nitrogens with zero attached hydrogens (tertiary/aromatic N) is 4. The highest BCUT2D eigenvalue weighted by Gasteiger charge is 2.40. The zero-order valence-electron chi connectivity index (χ0n) is 14.3. The Morgan fingerprint density at radius 1 is 1.37 bits per heavy atom. The van der Waals surface area contributed by atoms with Crippen molar-refractivity contribution in [3.63, 3.8) is 0 Å². The van der Waals surface area contributed by atoms with Gasteiger partial charge in [0.25, 0.3) is 0 Å². The number of fused-ring (bicyclic) bond motifs is 1. The number of benzene rings is 1. The van der Waals surface area contributed by atoms with E-state index in [1.165, 1.54) is 7.11 Å². The number of halogens is 2. The molecule has 4 rings (SSSR count). The molecule has 1 fully saturated rings. The predicted molar refractivity (Wildman–Crippen MR) is 103 cm³/mol. The molecule has 7 nitrogen and oxygen atoms in total. The number of carbonyl (C=O) groups is 1. The van der Waals surface area contributed by atoms with Crippen LogP contribution >= 0.6 is 23.2 Å². The minimum atomic E-state index is -0.832. The summed E-state index contributed by atoms with van der Waals surface area (Å²) in [5.41, 5.74) is 1.30. The van der Waals surface area contributed by atoms with Gasteiger partial charge in [0.2, 0.25) is 0 Å². The lowest BCUT2D eigenvalue weighted by molar-refractivity contribution is -0.144. The smallest absolute Gasteiger partial charge is 0.331 e. The number of anilines is 1. The van der Waals surface area contributed by atoms with Crippen molar-refractivity contribution < 1.29 is 14.6 Å². The van der Waals surface area contributed by atoms with Gasteiger partial charge in [-0.3, -0.25) is 0 Å². The van der Waals surface area contributed by atoms with Gasteiger partial charge >= 0.3 is 5.97 Å². The lowest BCUT2D eigenvalue weighted by Gasteiger charge is -2.26. The van der Waals surface area contributed by atoms with E-state index in [0.29, 0.717) is 34.3 Å². The van der Waals surface area contributed by atoms with Crippen LogP contribution < -0.4 is 4.90 Å². The second-order valence-corrected chi connectivity index (χ2v) is 7.03. The van der Waals surface area contributed by atoms with Gasteiger partial charge in [0, 0.05) is 30.4 Å². The SMILES string of the molecule is COC(=O)[C@@H]1C(O)CCN1c1cc(-n2ccnc2)c2ccc(Cl)c(Cl)c2n1. The number of esters is 1. The summed E-state index contributed by atoms with van der Waals surface area (Å²) in [6, 6.07) is 4.56. The number of aliphatic hydroxyl groups is 1. The van der Waals surface area contributed by atoms with Crippen LogP contribution in [-0.2, 0) is 9.53 Å². The first-order valence-corrected chi connectivity index (χ1v) is 9.06. The highest BCUT2D eigenvalue weighted by atomic mass is 35.5. The van der Waals surface area contributed by atoms with Crippen LogP contribution in [0.2, 0.25) is 10.0 Å².